The van der Waals surface area contributed by atoms with Gasteiger partial charge in [0.2, 0.25) is 5.75 Å². The quantitative estimate of drug-likeness (QED) is 0.797. The molecule has 2 aromatic heterocycles. The lowest BCUT2D eigenvalue weighted by Gasteiger charge is -2.41. The molecule has 1 N–H and O–H groups in total. The normalized spacial score (nSPS) is 17.0. The van der Waals surface area contributed by atoms with E-state index >= 15 is 0 Å². The minimum atomic E-state index is -0.482. The highest BCUT2D eigenvalue weighted by Gasteiger charge is 2.33. The molecule has 2 aromatic rings. The summed E-state index contributed by atoms with van der Waals surface area (Å²) in [5.74, 6) is 2.09. The number of nitrogens with one attached hydrogen (secondary N) is 1. The van der Waals surface area contributed by atoms with Crippen LogP contribution in [0.25, 0.3) is 0 Å². The van der Waals surface area contributed by atoms with Crippen molar-refractivity contribution in [2.45, 2.75) is 52.2 Å². The number of aryl methyl sites for hydroxylation is 1. The van der Waals surface area contributed by atoms with Gasteiger partial charge in [-0.05, 0) is 52.7 Å². The number of likely N-dealkylation sites (tertiary alicyclic amines) is 1. The highest BCUT2D eigenvalue weighted by atomic mass is 16.6. The second kappa shape index (κ2) is 8.56. The van der Waals surface area contributed by atoms with Crippen LogP contribution in [-0.2, 0) is 4.74 Å². The van der Waals surface area contributed by atoms with E-state index in [-0.39, 0.29) is 12.1 Å². The molecule has 9 nitrogen and oxygen atoms in total. The van der Waals surface area contributed by atoms with Crippen molar-refractivity contribution in [2.75, 3.05) is 36.5 Å². The third-order valence-electron chi connectivity index (χ3n) is 5.45. The molecule has 9 heteroatoms. The summed E-state index contributed by atoms with van der Waals surface area (Å²) < 4.78 is 11.5. The lowest BCUT2D eigenvalue weighted by molar-refractivity contribution is 0.0203. The van der Waals surface area contributed by atoms with E-state index < -0.39 is 5.60 Å². The van der Waals surface area contributed by atoms with E-state index in [4.69, 9.17) is 9.47 Å². The topological polar surface area (TPSA) is 92.7 Å². The Morgan fingerprint density at radius 1 is 1.19 bits per heavy atom. The van der Waals surface area contributed by atoms with Gasteiger partial charge < -0.3 is 24.6 Å². The first-order valence-corrected chi connectivity index (χ1v) is 10.7. The molecule has 1 fully saturated rings. The predicted octanol–water partition coefficient (Wildman–Crippen LogP) is 3.52. The number of hydrogen-bond acceptors (Lipinski definition) is 8. The van der Waals surface area contributed by atoms with Crippen LogP contribution in [0.4, 0.5) is 22.1 Å². The van der Waals surface area contributed by atoms with Gasteiger partial charge in [-0.2, -0.15) is 0 Å². The van der Waals surface area contributed by atoms with Crippen LogP contribution in [0, 0.1) is 6.92 Å². The van der Waals surface area contributed by atoms with E-state index in [2.05, 4.69) is 25.2 Å². The molecule has 0 radical (unpaired) electrons. The molecule has 0 spiro atoms. The molecular weight excluding hydrogens is 396 g/mol. The van der Waals surface area contributed by atoms with Crippen molar-refractivity contribution in [3.8, 4) is 5.75 Å². The molecule has 0 unspecified atom stereocenters. The van der Waals surface area contributed by atoms with Crippen LogP contribution in [0.15, 0.2) is 24.7 Å². The zero-order chi connectivity index (χ0) is 22.0. The summed E-state index contributed by atoms with van der Waals surface area (Å²) in [6.45, 7) is 10.3. The van der Waals surface area contributed by atoms with Crippen molar-refractivity contribution >= 4 is 23.4 Å². The average Bonchev–Trinajstić information content (AvgIpc) is 2.74. The molecule has 31 heavy (non-hydrogen) atoms. The first-order valence-electron chi connectivity index (χ1n) is 10.7. The molecule has 0 aliphatic carbocycles. The van der Waals surface area contributed by atoms with Crippen LogP contribution in [-0.4, -0.2) is 63.8 Å². The highest BCUT2D eigenvalue weighted by molar-refractivity contribution is 5.72. The zero-order valence-electron chi connectivity index (χ0n) is 18.6. The maximum absolute atomic E-state index is 12.4. The van der Waals surface area contributed by atoms with Gasteiger partial charge >= 0.3 is 6.09 Å². The molecule has 166 valence electrons. The Hall–Kier alpha value is -3.10. The van der Waals surface area contributed by atoms with Crippen molar-refractivity contribution in [1.29, 1.82) is 0 Å². The number of nitrogens with zero attached hydrogens (tertiary/aromatic N) is 5. The SMILES string of the molecule is Cc1ncccc1Nc1ncnc2c1OCCN2C1CCN(C(=O)OC(C)(C)C)CC1. The van der Waals surface area contributed by atoms with E-state index in [1.165, 1.54) is 0 Å². The van der Waals surface area contributed by atoms with Gasteiger partial charge in [0.05, 0.1) is 17.9 Å². The number of carbonyl (C=O) groups excluding carboxylic acids is 1. The maximum Gasteiger partial charge on any atom is 0.410 e. The Morgan fingerprint density at radius 3 is 2.68 bits per heavy atom. The number of ether oxygens (including phenoxy) is 2. The van der Waals surface area contributed by atoms with Crippen molar-refractivity contribution < 1.29 is 14.3 Å². The second-order valence-corrected chi connectivity index (χ2v) is 8.88. The summed E-state index contributed by atoms with van der Waals surface area (Å²) in [7, 11) is 0. The molecule has 1 saturated heterocycles. The van der Waals surface area contributed by atoms with Crippen LogP contribution in [0.2, 0.25) is 0 Å². The van der Waals surface area contributed by atoms with Gasteiger partial charge in [-0.1, -0.05) is 0 Å². The van der Waals surface area contributed by atoms with Crippen molar-refractivity contribution in [3.05, 3.63) is 30.4 Å². The molecule has 4 rings (SSSR count). The van der Waals surface area contributed by atoms with Crippen molar-refractivity contribution in [1.82, 2.24) is 19.9 Å². The fraction of sp³-hybridized carbons (Fsp3) is 0.545. The zero-order valence-corrected chi connectivity index (χ0v) is 18.6. The lowest BCUT2D eigenvalue weighted by atomic mass is 10.0. The minimum absolute atomic E-state index is 0.242. The van der Waals surface area contributed by atoms with E-state index in [0.29, 0.717) is 31.3 Å². The van der Waals surface area contributed by atoms with Crippen LogP contribution in [0.3, 0.4) is 0 Å². The Balaban J connectivity index is 1.47. The molecule has 4 heterocycles. The third kappa shape index (κ3) is 4.81. The van der Waals surface area contributed by atoms with Gasteiger partial charge in [0.15, 0.2) is 11.6 Å². The fourth-order valence-electron chi connectivity index (χ4n) is 3.93. The Morgan fingerprint density at radius 2 is 1.97 bits per heavy atom. The average molecular weight is 427 g/mol. The van der Waals surface area contributed by atoms with Gasteiger partial charge in [-0.25, -0.2) is 14.8 Å². The molecule has 0 aromatic carbocycles. The smallest absolute Gasteiger partial charge is 0.410 e. The number of carbonyl (C=O) groups is 1. The van der Waals surface area contributed by atoms with Crippen LogP contribution < -0.4 is 15.0 Å². The second-order valence-electron chi connectivity index (χ2n) is 8.88. The van der Waals surface area contributed by atoms with Gasteiger partial charge in [0, 0.05) is 25.3 Å². The highest BCUT2D eigenvalue weighted by Crippen LogP contribution is 2.38. The predicted molar refractivity (Wildman–Crippen MR) is 118 cm³/mol. The first kappa shape index (κ1) is 21.1. The van der Waals surface area contributed by atoms with Crippen LogP contribution in [0.1, 0.15) is 39.3 Å². The maximum atomic E-state index is 12.4. The summed E-state index contributed by atoms with van der Waals surface area (Å²) in [5, 5.41) is 3.33. The van der Waals surface area contributed by atoms with Gasteiger partial charge in [0.25, 0.3) is 0 Å². The summed E-state index contributed by atoms with van der Waals surface area (Å²) in [6.07, 6.45) is 4.79. The first-order chi connectivity index (χ1) is 14.8. The summed E-state index contributed by atoms with van der Waals surface area (Å²) >= 11 is 0. The van der Waals surface area contributed by atoms with E-state index in [9.17, 15) is 4.79 Å². The summed E-state index contributed by atoms with van der Waals surface area (Å²) in [5.41, 5.74) is 1.29. The number of aromatic nitrogens is 3. The van der Waals surface area contributed by atoms with Gasteiger partial charge in [-0.15, -0.1) is 0 Å². The van der Waals surface area contributed by atoms with E-state index in [0.717, 1.165) is 36.6 Å². The number of rotatable bonds is 3. The molecule has 2 aliphatic rings. The Labute approximate surface area is 182 Å². The summed E-state index contributed by atoms with van der Waals surface area (Å²) in [4.78, 5) is 29.7. The Bertz CT molecular complexity index is 937. The number of piperidine rings is 1. The third-order valence-corrected chi connectivity index (χ3v) is 5.45. The van der Waals surface area contributed by atoms with Crippen LogP contribution >= 0.6 is 0 Å². The standard InChI is InChI=1S/C22H30N6O3/c1-15-17(6-5-9-23-15)26-19-18-20(25-14-24-19)28(12-13-30-18)16-7-10-27(11-8-16)21(29)31-22(2,3)4/h5-6,9,14,16H,7-8,10-13H2,1-4H3,(H,24,25,26). The number of amides is 1. The van der Waals surface area contributed by atoms with Gasteiger partial charge in [-0.3, -0.25) is 4.98 Å². The molecule has 0 bridgehead atoms. The minimum Gasteiger partial charge on any atom is -0.485 e. The Kier molecular flexibility index (Phi) is 5.84. The fourth-order valence-corrected chi connectivity index (χ4v) is 3.93. The number of fused-ring (bicyclic) bond motifs is 1. The van der Waals surface area contributed by atoms with Crippen molar-refractivity contribution in [2.24, 2.45) is 0 Å². The largest absolute Gasteiger partial charge is 0.485 e. The summed E-state index contributed by atoms with van der Waals surface area (Å²) in [6, 6.07) is 4.13. The number of hydrogen-bond donors (Lipinski definition) is 1. The number of pyridine rings is 1. The van der Waals surface area contributed by atoms with Crippen LogP contribution in [0.5, 0.6) is 5.75 Å². The monoisotopic (exact) mass is 426 g/mol. The molecular formula is C22H30N6O3. The van der Waals surface area contributed by atoms with Gasteiger partial charge in [0.1, 0.15) is 18.5 Å². The number of anilines is 3. The molecule has 2 aliphatic heterocycles. The molecule has 1 amide bonds. The molecule has 0 atom stereocenters. The van der Waals surface area contributed by atoms with E-state index in [1.807, 2.05) is 39.8 Å². The lowest BCUT2D eigenvalue weighted by Crippen LogP contribution is -2.50. The van der Waals surface area contributed by atoms with E-state index in [1.54, 1.807) is 17.4 Å². The van der Waals surface area contributed by atoms with Crippen molar-refractivity contribution in [3.63, 3.8) is 0 Å². The molecule has 0 saturated carbocycles.